The quantitative estimate of drug-likeness (QED) is 0.911. The summed E-state index contributed by atoms with van der Waals surface area (Å²) in [5, 5.41) is 0.720. The van der Waals surface area contributed by atoms with Crippen LogP contribution in [-0.4, -0.2) is 13.7 Å². The van der Waals surface area contributed by atoms with E-state index in [1.165, 1.54) is 0 Å². The number of hydrogen-bond donors (Lipinski definition) is 1. The van der Waals surface area contributed by atoms with Crippen molar-refractivity contribution in [2.45, 2.75) is 6.42 Å². The summed E-state index contributed by atoms with van der Waals surface area (Å²) in [6, 6.07) is 3.73. The summed E-state index contributed by atoms with van der Waals surface area (Å²) in [6.45, 7) is 0.588. The highest BCUT2D eigenvalue weighted by molar-refractivity contribution is 9.10. The second kappa shape index (κ2) is 4.84. The Balaban J connectivity index is 3.06. The summed E-state index contributed by atoms with van der Waals surface area (Å²) >= 11 is 9.35. The normalized spacial score (nSPS) is 10.2. The zero-order chi connectivity index (χ0) is 9.84. The lowest BCUT2D eigenvalue weighted by Gasteiger charge is -2.08. The second-order valence-corrected chi connectivity index (χ2v) is 3.88. The molecule has 0 atom stereocenters. The van der Waals surface area contributed by atoms with E-state index >= 15 is 0 Å². The van der Waals surface area contributed by atoms with E-state index in [0.717, 1.165) is 27.2 Å². The Kier molecular flexibility index (Phi) is 4.03. The van der Waals surface area contributed by atoms with Crippen molar-refractivity contribution in [1.82, 2.24) is 0 Å². The predicted molar refractivity (Wildman–Crippen MR) is 58.5 cm³/mol. The Morgan fingerprint density at radius 2 is 2.23 bits per heavy atom. The Hall–Kier alpha value is -0.250. The van der Waals surface area contributed by atoms with E-state index in [2.05, 4.69) is 15.9 Å². The Morgan fingerprint density at radius 3 is 2.77 bits per heavy atom. The standard InChI is InChI=1S/C9H11BrClNO/c1-13-9-4-6(2-3-12)8(11)5-7(9)10/h4-5H,2-3,12H2,1H3. The maximum Gasteiger partial charge on any atom is 0.133 e. The molecule has 0 spiro atoms. The second-order valence-electron chi connectivity index (χ2n) is 2.62. The first-order chi connectivity index (χ1) is 6.19. The van der Waals surface area contributed by atoms with Crippen molar-refractivity contribution in [3.05, 3.63) is 27.2 Å². The van der Waals surface area contributed by atoms with Crippen molar-refractivity contribution in [2.75, 3.05) is 13.7 Å². The number of hydrogen-bond acceptors (Lipinski definition) is 2. The third kappa shape index (κ3) is 2.59. The zero-order valence-electron chi connectivity index (χ0n) is 7.31. The first-order valence-corrected chi connectivity index (χ1v) is 5.08. The van der Waals surface area contributed by atoms with E-state index in [1.54, 1.807) is 7.11 Å². The SMILES string of the molecule is COc1cc(CCN)c(Cl)cc1Br. The number of methoxy groups -OCH3 is 1. The number of rotatable bonds is 3. The van der Waals surface area contributed by atoms with Crippen LogP contribution >= 0.6 is 27.5 Å². The smallest absolute Gasteiger partial charge is 0.133 e. The number of ether oxygens (including phenoxy) is 1. The lowest BCUT2D eigenvalue weighted by molar-refractivity contribution is 0.411. The van der Waals surface area contributed by atoms with Gasteiger partial charge in [-0.2, -0.15) is 0 Å². The molecular formula is C9H11BrClNO. The summed E-state index contributed by atoms with van der Waals surface area (Å²) in [4.78, 5) is 0. The van der Waals surface area contributed by atoms with Crippen molar-refractivity contribution in [2.24, 2.45) is 5.73 Å². The van der Waals surface area contributed by atoms with Crippen molar-refractivity contribution in [3.63, 3.8) is 0 Å². The van der Waals surface area contributed by atoms with Gasteiger partial charge >= 0.3 is 0 Å². The van der Waals surface area contributed by atoms with Gasteiger partial charge in [-0.3, -0.25) is 0 Å². The number of halogens is 2. The molecule has 13 heavy (non-hydrogen) atoms. The van der Waals surface area contributed by atoms with Gasteiger partial charge in [-0.15, -0.1) is 0 Å². The van der Waals surface area contributed by atoms with Crippen LogP contribution in [0.4, 0.5) is 0 Å². The van der Waals surface area contributed by atoms with Gasteiger partial charge in [0.15, 0.2) is 0 Å². The first-order valence-electron chi connectivity index (χ1n) is 3.91. The minimum atomic E-state index is 0.588. The highest BCUT2D eigenvalue weighted by atomic mass is 79.9. The van der Waals surface area contributed by atoms with E-state index in [9.17, 15) is 0 Å². The van der Waals surface area contributed by atoms with Crippen molar-refractivity contribution in [1.29, 1.82) is 0 Å². The molecule has 0 heterocycles. The summed E-state index contributed by atoms with van der Waals surface area (Å²) in [7, 11) is 1.63. The molecule has 2 nitrogen and oxygen atoms in total. The minimum Gasteiger partial charge on any atom is -0.496 e. The maximum atomic E-state index is 6.00. The molecule has 4 heteroatoms. The van der Waals surface area contributed by atoms with E-state index in [1.807, 2.05) is 12.1 Å². The molecule has 0 unspecified atom stereocenters. The van der Waals surface area contributed by atoms with Crippen LogP contribution in [0.2, 0.25) is 5.02 Å². The molecular weight excluding hydrogens is 253 g/mol. The van der Waals surface area contributed by atoms with Gasteiger partial charge in [0, 0.05) is 5.02 Å². The fourth-order valence-corrected chi connectivity index (χ4v) is 1.97. The third-order valence-electron chi connectivity index (χ3n) is 1.73. The van der Waals surface area contributed by atoms with Crippen LogP contribution in [0.15, 0.2) is 16.6 Å². The van der Waals surface area contributed by atoms with E-state index in [4.69, 9.17) is 22.1 Å². The maximum absolute atomic E-state index is 6.00. The Morgan fingerprint density at radius 1 is 1.54 bits per heavy atom. The average Bonchev–Trinajstić information content (AvgIpc) is 2.10. The van der Waals surface area contributed by atoms with Crippen LogP contribution < -0.4 is 10.5 Å². The lowest BCUT2D eigenvalue weighted by Crippen LogP contribution is -2.03. The van der Waals surface area contributed by atoms with Crippen molar-refractivity contribution < 1.29 is 4.74 Å². The largest absolute Gasteiger partial charge is 0.496 e. The van der Waals surface area contributed by atoms with Gasteiger partial charge in [0.25, 0.3) is 0 Å². The number of nitrogens with two attached hydrogens (primary N) is 1. The summed E-state index contributed by atoms with van der Waals surface area (Å²) < 4.78 is 6.00. The fraction of sp³-hybridized carbons (Fsp3) is 0.333. The van der Waals surface area contributed by atoms with Crippen molar-refractivity contribution in [3.8, 4) is 5.75 Å². The molecule has 1 aromatic carbocycles. The van der Waals surface area contributed by atoms with Gasteiger partial charge in [0.2, 0.25) is 0 Å². The first kappa shape index (κ1) is 10.8. The molecule has 0 saturated carbocycles. The van der Waals surface area contributed by atoms with E-state index in [-0.39, 0.29) is 0 Å². The monoisotopic (exact) mass is 263 g/mol. The molecule has 1 aromatic rings. The average molecular weight is 265 g/mol. The topological polar surface area (TPSA) is 35.2 Å². The predicted octanol–water partition coefficient (Wildman–Crippen LogP) is 2.61. The molecule has 0 aliphatic heterocycles. The summed E-state index contributed by atoms with van der Waals surface area (Å²) in [6.07, 6.45) is 0.766. The molecule has 0 aliphatic rings. The Labute approximate surface area is 91.2 Å². The summed E-state index contributed by atoms with van der Waals surface area (Å²) in [5.74, 6) is 0.785. The summed E-state index contributed by atoms with van der Waals surface area (Å²) in [5.41, 5.74) is 6.47. The van der Waals surface area contributed by atoms with Crippen molar-refractivity contribution >= 4 is 27.5 Å². The lowest BCUT2D eigenvalue weighted by atomic mass is 10.1. The number of benzene rings is 1. The minimum absolute atomic E-state index is 0.588. The molecule has 2 N–H and O–H groups in total. The zero-order valence-corrected chi connectivity index (χ0v) is 9.65. The molecule has 0 radical (unpaired) electrons. The highest BCUT2D eigenvalue weighted by Crippen LogP contribution is 2.31. The van der Waals surface area contributed by atoms with Gasteiger partial charge in [-0.25, -0.2) is 0 Å². The Bertz CT molecular complexity index is 304. The van der Waals surface area contributed by atoms with Crippen LogP contribution in [0.5, 0.6) is 5.75 Å². The van der Waals surface area contributed by atoms with Gasteiger partial charge in [-0.1, -0.05) is 11.6 Å². The van der Waals surface area contributed by atoms with Gasteiger partial charge < -0.3 is 10.5 Å². The van der Waals surface area contributed by atoms with Crippen LogP contribution in [0.1, 0.15) is 5.56 Å². The van der Waals surface area contributed by atoms with Gasteiger partial charge in [0.05, 0.1) is 11.6 Å². The third-order valence-corrected chi connectivity index (χ3v) is 2.71. The molecule has 0 bridgehead atoms. The molecule has 0 amide bonds. The van der Waals surface area contributed by atoms with Crippen LogP contribution in [0, 0.1) is 0 Å². The highest BCUT2D eigenvalue weighted by Gasteiger charge is 2.06. The molecule has 0 fully saturated rings. The molecule has 1 rings (SSSR count). The molecule has 72 valence electrons. The van der Waals surface area contributed by atoms with Gasteiger partial charge in [-0.05, 0) is 46.6 Å². The van der Waals surface area contributed by atoms with E-state index < -0.39 is 0 Å². The van der Waals surface area contributed by atoms with Crippen LogP contribution in [0.3, 0.4) is 0 Å². The van der Waals surface area contributed by atoms with Crippen LogP contribution in [-0.2, 0) is 6.42 Å². The van der Waals surface area contributed by atoms with Crippen LogP contribution in [0.25, 0.3) is 0 Å². The molecule has 0 saturated heterocycles. The van der Waals surface area contributed by atoms with Gasteiger partial charge in [0.1, 0.15) is 5.75 Å². The molecule has 0 aliphatic carbocycles. The van der Waals surface area contributed by atoms with E-state index in [0.29, 0.717) is 6.54 Å². The molecule has 0 aromatic heterocycles. The fourth-order valence-electron chi connectivity index (χ4n) is 1.07.